The van der Waals surface area contributed by atoms with Gasteiger partial charge in [-0.05, 0) is 17.7 Å². The van der Waals surface area contributed by atoms with E-state index in [0.29, 0.717) is 23.1 Å². The summed E-state index contributed by atoms with van der Waals surface area (Å²) in [6.07, 6.45) is 1.56. The number of ether oxygens (including phenoxy) is 1. The summed E-state index contributed by atoms with van der Waals surface area (Å²) in [6.45, 7) is 0. The van der Waals surface area contributed by atoms with Crippen LogP contribution in [0.1, 0.15) is 5.56 Å². The SMILES string of the molecule is COc1ccc(NC(=O)CSCc2ccccc2Cl)cn1. The number of amides is 1. The molecule has 110 valence electrons. The molecule has 4 nitrogen and oxygen atoms in total. The third-order valence-electron chi connectivity index (χ3n) is 2.68. The molecule has 0 aliphatic carbocycles. The standard InChI is InChI=1S/C15H15ClN2O2S/c1-20-15-7-6-12(8-17-15)18-14(19)10-21-9-11-4-2-3-5-13(11)16/h2-8H,9-10H2,1H3,(H,18,19). The average Bonchev–Trinajstić information content (AvgIpc) is 2.50. The van der Waals surface area contributed by atoms with Gasteiger partial charge in [-0.15, -0.1) is 11.8 Å². The maximum Gasteiger partial charge on any atom is 0.234 e. The highest BCUT2D eigenvalue weighted by Crippen LogP contribution is 2.20. The first-order valence-electron chi connectivity index (χ1n) is 6.30. The van der Waals surface area contributed by atoms with Crippen molar-refractivity contribution >= 4 is 35.0 Å². The maximum absolute atomic E-state index is 11.8. The molecule has 1 N–H and O–H groups in total. The molecule has 0 saturated carbocycles. The lowest BCUT2D eigenvalue weighted by Crippen LogP contribution is -2.14. The summed E-state index contributed by atoms with van der Waals surface area (Å²) < 4.78 is 4.96. The van der Waals surface area contributed by atoms with Crippen molar-refractivity contribution < 1.29 is 9.53 Å². The van der Waals surface area contributed by atoms with Crippen LogP contribution in [0.2, 0.25) is 5.02 Å². The number of aromatic nitrogens is 1. The number of nitrogens with zero attached hydrogens (tertiary/aromatic N) is 1. The average molecular weight is 323 g/mol. The smallest absolute Gasteiger partial charge is 0.234 e. The fourth-order valence-electron chi connectivity index (χ4n) is 1.64. The molecule has 0 unspecified atom stereocenters. The molecule has 0 aliphatic heterocycles. The number of thioether (sulfide) groups is 1. The van der Waals surface area contributed by atoms with Crippen molar-refractivity contribution in [2.45, 2.75) is 5.75 Å². The summed E-state index contributed by atoms with van der Waals surface area (Å²) in [7, 11) is 1.55. The highest BCUT2D eigenvalue weighted by molar-refractivity contribution is 7.99. The second-order valence-electron chi connectivity index (χ2n) is 4.22. The van der Waals surface area contributed by atoms with E-state index >= 15 is 0 Å². The Morgan fingerprint density at radius 1 is 1.33 bits per heavy atom. The molecule has 0 radical (unpaired) electrons. The number of carbonyl (C=O) groups excluding carboxylic acids is 1. The number of nitrogens with one attached hydrogen (secondary N) is 1. The van der Waals surface area contributed by atoms with Gasteiger partial charge in [-0.25, -0.2) is 4.98 Å². The number of rotatable bonds is 6. The summed E-state index contributed by atoms with van der Waals surface area (Å²) in [5, 5.41) is 3.51. The van der Waals surface area contributed by atoms with Gasteiger partial charge in [-0.3, -0.25) is 4.79 Å². The topological polar surface area (TPSA) is 51.2 Å². The molecule has 2 aromatic rings. The van der Waals surface area contributed by atoms with Crippen LogP contribution in [0.25, 0.3) is 0 Å². The molecule has 0 bridgehead atoms. The Morgan fingerprint density at radius 2 is 2.14 bits per heavy atom. The summed E-state index contributed by atoms with van der Waals surface area (Å²) in [4.78, 5) is 15.8. The van der Waals surface area contributed by atoms with Crippen molar-refractivity contribution in [1.82, 2.24) is 4.98 Å². The molecule has 0 aliphatic rings. The number of methoxy groups -OCH3 is 1. The van der Waals surface area contributed by atoms with Crippen LogP contribution >= 0.6 is 23.4 Å². The number of benzene rings is 1. The number of hydrogen-bond acceptors (Lipinski definition) is 4. The van der Waals surface area contributed by atoms with E-state index in [-0.39, 0.29) is 5.91 Å². The zero-order chi connectivity index (χ0) is 15.1. The third-order valence-corrected chi connectivity index (χ3v) is 4.03. The van der Waals surface area contributed by atoms with Crippen LogP contribution in [-0.4, -0.2) is 23.8 Å². The Hall–Kier alpha value is -1.72. The fraction of sp³-hybridized carbons (Fsp3) is 0.200. The van der Waals surface area contributed by atoms with E-state index in [0.717, 1.165) is 10.6 Å². The lowest BCUT2D eigenvalue weighted by atomic mass is 10.2. The van der Waals surface area contributed by atoms with Crippen molar-refractivity contribution in [1.29, 1.82) is 0 Å². The molecule has 1 heterocycles. The van der Waals surface area contributed by atoms with E-state index in [1.54, 1.807) is 25.4 Å². The first kappa shape index (κ1) is 15.7. The molecule has 0 saturated heterocycles. The van der Waals surface area contributed by atoms with Gasteiger partial charge in [0, 0.05) is 16.8 Å². The molecule has 1 aromatic heterocycles. The van der Waals surface area contributed by atoms with Crippen LogP contribution in [0, 0.1) is 0 Å². The zero-order valence-electron chi connectivity index (χ0n) is 11.5. The monoisotopic (exact) mass is 322 g/mol. The van der Waals surface area contributed by atoms with E-state index in [2.05, 4.69) is 10.3 Å². The predicted octanol–water partition coefficient (Wildman–Crippen LogP) is 3.62. The number of pyridine rings is 1. The van der Waals surface area contributed by atoms with Crippen LogP contribution in [0.4, 0.5) is 5.69 Å². The molecule has 0 spiro atoms. The molecule has 21 heavy (non-hydrogen) atoms. The second kappa shape index (κ2) is 7.90. The molecule has 2 rings (SSSR count). The molecular weight excluding hydrogens is 308 g/mol. The van der Waals surface area contributed by atoms with Gasteiger partial charge in [0.25, 0.3) is 0 Å². The molecule has 1 aromatic carbocycles. The van der Waals surface area contributed by atoms with E-state index in [1.807, 2.05) is 24.3 Å². The van der Waals surface area contributed by atoms with Crippen molar-refractivity contribution in [2.75, 3.05) is 18.2 Å². The van der Waals surface area contributed by atoms with Crippen LogP contribution in [0.5, 0.6) is 5.88 Å². The Morgan fingerprint density at radius 3 is 2.81 bits per heavy atom. The third kappa shape index (κ3) is 4.95. The van der Waals surface area contributed by atoms with Crippen LogP contribution in [-0.2, 0) is 10.5 Å². The normalized spacial score (nSPS) is 10.2. The van der Waals surface area contributed by atoms with Crippen LogP contribution < -0.4 is 10.1 Å². The molecule has 1 amide bonds. The lowest BCUT2D eigenvalue weighted by Gasteiger charge is -2.06. The van der Waals surface area contributed by atoms with E-state index in [1.165, 1.54) is 11.8 Å². The fourth-order valence-corrected chi connectivity index (χ4v) is 2.75. The summed E-state index contributed by atoms with van der Waals surface area (Å²) in [6, 6.07) is 11.1. The number of halogens is 1. The van der Waals surface area contributed by atoms with Gasteiger partial charge >= 0.3 is 0 Å². The number of anilines is 1. The van der Waals surface area contributed by atoms with Crippen molar-refractivity contribution in [3.05, 3.63) is 53.2 Å². The Bertz CT molecular complexity index is 605. The molecule has 0 atom stereocenters. The van der Waals surface area contributed by atoms with Gasteiger partial charge in [0.05, 0.1) is 24.7 Å². The van der Waals surface area contributed by atoms with Gasteiger partial charge in [0.15, 0.2) is 0 Å². The van der Waals surface area contributed by atoms with Gasteiger partial charge in [-0.2, -0.15) is 0 Å². The minimum atomic E-state index is -0.0704. The second-order valence-corrected chi connectivity index (χ2v) is 5.61. The Kier molecular flexibility index (Phi) is 5.90. The van der Waals surface area contributed by atoms with Crippen molar-refractivity contribution in [2.24, 2.45) is 0 Å². The van der Waals surface area contributed by atoms with Gasteiger partial charge in [-0.1, -0.05) is 29.8 Å². The molecule has 0 fully saturated rings. The minimum Gasteiger partial charge on any atom is -0.481 e. The number of carbonyl (C=O) groups is 1. The first-order valence-corrected chi connectivity index (χ1v) is 7.83. The Balaban J connectivity index is 1.78. The van der Waals surface area contributed by atoms with Crippen molar-refractivity contribution in [3.63, 3.8) is 0 Å². The first-order chi connectivity index (χ1) is 10.2. The number of hydrogen-bond donors (Lipinski definition) is 1. The van der Waals surface area contributed by atoms with E-state index in [9.17, 15) is 4.79 Å². The highest BCUT2D eigenvalue weighted by Gasteiger charge is 2.05. The van der Waals surface area contributed by atoms with Crippen molar-refractivity contribution in [3.8, 4) is 5.88 Å². The van der Waals surface area contributed by atoms with E-state index in [4.69, 9.17) is 16.3 Å². The zero-order valence-corrected chi connectivity index (χ0v) is 13.1. The summed E-state index contributed by atoms with van der Waals surface area (Å²) >= 11 is 7.58. The van der Waals surface area contributed by atoms with Gasteiger partial charge in [0.1, 0.15) is 0 Å². The van der Waals surface area contributed by atoms with Gasteiger partial charge in [0.2, 0.25) is 11.8 Å². The summed E-state index contributed by atoms with van der Waals surface area (Å²) in [5.41, 5.74) is 1.68. The largest absolute Gasteiger partial charge is 0.481 e. The Labute approximate surface area is 132 Å². The highest BCUT2D eigenvalue weighted by atomic mass is 35.5. The molecular formula is C15H15ClN2O2S. The lowest BCUT2D eigenvalue weighted by molar-refractivity contribution is -0.113. The minimum absolute atomic E-state index is 0.0704. The predicted molar refractivity (Wildman–Crippen MR) is 87.0 cm³/mol. The summed E-state index contributed by atoms with van der Waals surface area (Å²) in [5.74, 6) is 1.51. The quantitative estimate of drug-likeness (QED) is 0.882. The maximum atomic E-state index is 11.8. The van der Waals surface area contributed by atoms with E-state index < -0.39 is 0 Å². The van der Waals surface area contributed by atoms with Crippen LogP contribution in [0.3, 0.4) is 0 Å². The molecule has 6 heteroatoms. The van der Waals surface area contributed by atoms with Crippen LogP contribution in [0.15, 0.2) is 42.6 Å². The van der Waals surface area contributed by atoms with Gasteiger partial charge < -0.3 is 10.1 Å².